The molecule has 1 aromatic heterocycles. The number of imide groups is 1. The van der Waals surface area contributed by atoms with Crippen molar-refractivity contribution < 1.29 is 50.7 Å². The number of hydrogen-bond donors (Lipinski definition) is 3. The smallest absolute Gasteiger partial charge is 0.255 e. The van der Waals surface area contributed by atoms with Crippen molar-refractivity contribution in [1.82, 2.24) is 25.0 Å². The van der Waals surface area contributed by atoms with Crippen molar-refractivity contribution in [2.75, 3.05) is 50.4 Å². The molecule has 20 heteroatoms. The van der Waals surface area contributed by atoms with Gasteiger partial charge in [0.2, 0.25) is 46.8 Å². The van der Waals surface area contributed by atoms with Gasteiger partial charge in [-0.15, -0.1) is 11.8 Å². The molecule has 4 N–H and O–H groups in total. The lowest BCUT2D eigenvalue weighted by atomic mass is 9.82. The van der Waals surface area contributed by atoms with Crippen molar-refractivity contribution in [2.45, 2.75) is 90.0 Å². The molecule has 5 amide bonds. The number of likely N-dealkylation sites (tertiary alicyclic amines) is 1. The molecule has 8 rings (SSSR count). The number of hydrogen-bond acceptors (Lipinski definition) is 11. The number of rotatable bonds is 19. The third-order valence-electron chi connectivity index (χ3n) is 13.8. The summed E-state index contributed by atoms with van der Waals surface area (Å²) >= 11 is 1.31. The Balaban J connectivity index is 0.754. The fourth-order valence-electron chi connectivity index (χ4n) is 9.83. The maximum Gasteiger partial charge on any atom is 0.255 e. The zero-order valence-electron chi connectivity index (χ0n) is 41.3. The summed E-state index contributed by atoms with van der Waals surface area (Å²) in [7, 11) is 0. The van der Waals surface area contributed by atoms with E-state index < -0.39 is 40.1 Å². The molecule has 0 bridgehead atoms. The predicted molar refractivity (Wildman–Crippen MR) is 271 cm³/mol. The molecule has 1 atom stereocenters. The molecular formula is C54H59F5N8O6S. The first kappa shape index (κ1) is 53.6. The number of pyridine rings is 1. The van der Waals surface area contributed by atoms with Crippen LogP contribution in [0.3, 0.4) is 0 Å². The molecule has 0 radical (unpaired) electrons. The van der Waals surface area contributed by atoms with Crippen LogP contribution in [0.2, 0.25) is 0 Å². The number of halogens is 5. The summed E-state index contributed by atoms with van der Waals surface area (Å²) in [6.45, 7) is 7.65. The van der Waals surface area contributed by atoms with Gasteiger partial charge in [-0.2, -0.15) is 8.78 Å². The quantitative estimate of drug-likeness (QED) is 0.0271. The Morgan fingerprint density at radius 1 is 0.865 bits per heavy atom. The summed E-state index contributed by atoms with van der Waals surface area (Å²) in [6.07, 6.45) is 8.36. The number of aliphatic imine (C=N–C) groups is 1. The molecule has 14 nitrogen and oxygen atoms in total. The minimum Gasteiger partial charge on any atom is -0.487 e. The number of nitrogens with one attached hydrogen (secondary N) is 2. The highest BCUT2D eigenvalue weighted by atomic mass is 32.2. The number of amides is 5. The van der Waals surface area contributed by atoms with Crippen LogP contribution in [0.5, 0.6) is 5.75 Å². The zero-order chi connectivity index (χ0) is 52.6. The molecule has 3 aliphatic heterocycles. The molecule has 1 saturated carbocycles. The third-order valence-corrected chi connectivity index (χ3v) is 15.0. The van der Waals surface area contributed by atoms with E-state index >= 15 is 0 Å². The fraction of sp³-hybridized carbons (Fsp3) is 0.426. The van der Waals surface area contributed by atoms with Crippen molar-refractivity contribution in [3.8, 4) is 5.75 Å². The van der Waals surface area contributed by atoms with Gasteiger partial charge < -0.3 is 26.0 Å². The van der Waals surface area contributed by atoms with Crippen molar-refractivity contribution in [2.24, 2.45) is 22.6 Å². The van der Waals surface area contributed by atoms with E-state index in [4.69, 9.17) is 10.5 Å². The molecular weight excluding hydrogens is 984 g/mol. The molecule has 74 heavy (non-hydrogen) atoms. The van der Waals surface area contributed by atoms with E-state index in [2.05, 4.69) is 25.5 Å². The maximum absolute atomic E-state index is 14.0. The molecule has 4 heterocycles. The molecule has 2 fully saturated rings. The monoisotopic (exact) mass is 1040 g/mol. The van der Waals surface area contributed by atoms with Crippen LogP contribution < -0.4 is 21.1 Å². The summed E-state index contributed by atoms with van der Waals surface area (Å²) in [5, 5.41) is 5.29. The molecule has 1 aliphatic carbocycles. The number of anilines is 1. The standard InChI is InChI=1S/C54H59F5N8O6S/c1-3-17-66(18-4-2)53(71)37-21-35-13-14-36(23-41(35)64-43(60)24-37)52(70)63-39-22-38-29-65(19-15-40(38)62-26-39)27-31-9-11-34(12-10-31)51(69)61-16-20-74-42-25-44(68)67(54(42)72)28-32-5-7-33(8-6-32)30-73-50-48(58)46(56)45(55)47(57)49(50)59/h9-14,21-23,26,32-33,42H,3-8,15-20,24-25,27-30H2,1-2H3,(H2,60,64)(H,61,69)(H,63,70). The highest BCUT2D eigenvalue weighted by Crippen LogP contribution is 2.35. The second kappa shape index (κ2) is 24.1. The van der Waals surface area contributed by atoms with Crippen LogP contribution in [0.25, 0.3) is 6.08 Å². The first-order chi connectivity index (χ1) is 35.6. The van der Waals surface area contributed by atoms with Crippen LogP contribution in [0.4, 0.5) is 33.3 Å². The molecule has 4 aliphatic rings. The zero-order valence-corrected chi connectivity index (χ0v) is 42.1. The normalized spacial score (nSPS) is 18.7. The molecule has 392 valence electrons. The minimum absolute atomic E-state index is 0.0108. The number of carbonyl (C=O) groups excluding carboxylic acids is 5. The van der Waals surface area contributed by atoms with Crippen LogP contribution >= 0.6 is 11.8 Å². The summed E-state index contributed by atoms with van der Waals surface area (Å²) in [5.74, 6) is -12.5. The maximum atomic E-state index is 14.0. The number of nitrogens with zero attached hydrogens (tertiary/aromatic N) is 5. The Morgan fingerprint density at radius 2 is 1.54 bits per heavy atom. The van der Waals surface area contributed by atoms with Gasteiger partial charge in [-0.05, 0) is 97.9 Å². The number of nitrogens with two attached hydrogens (primary N) is 1. The number of fused-ring (bicyclic) bond motifs is 2. The Morgan fingerprint density at radius 3 is 2.24 bits per heavy atom. The third kappa shape index (κ3) is 12.6. The van der Waals surface area contributed by atoms with Gasteiger partial charge in [-0.25, -0.2) is 18.2 Å². The van der Waals surface area contributed by atoms with Gasteiger partial charge in [0.25, 0.3) is 11.8 Å². The number of thioether (sulfide) groups is 1. The first-order valence-electron chi connectivity index (χ1n) is 25.1. The largest absolute Gasteiger partial charge is 0.487 e. The summed E-state index contributed by atoms with van der Waals surface area (Å²) in [5.41, 5.74) is 12.4. The number of ether oxygens (including phenoxy) is 1. The summed E-state index contributed by atoms with van der Waals surface area (Å²) in [4.78, 5) is 80.7. The highest BCUT2D eigenvalue weighted by molar-refractivity contribution is 8.00. The van der Waals surface area contributed by atoms with E-state index in [1.165, 1.54) is 16.7 Å². The van der Waals surface area contributed by atoms with E-state index in [9.17, 15) is 45.9 Å². The van der Waals surface area contributed by atoms with Crippen LogP contribution in [0.15, 0.2) is 65.3 Å². The molecule has 3 aromatic carbocycles. The van der Waals surface area contributed by atoms with Crippen molar-refractivity contribution in [1.29, 1.82) is 0 Å². The molecule has 1 saturated heterocycles. The van der Waals surface area contributed by atoms with Gasteiger partial charge in [0, 0.05) is 98.8 Å². The number of benzene rings is 3. The van der Waals surface area contributed by atoms with E-state index in [0.29, 0.717) is 97.1 Å². The van der Waals surface area contributed by atoms with Crippen LogP contribution in [0, 0.1) is 40.9 Å². The van der Waals surface area contributed by atoms with Crippen molar-refractivity contribution >= 4 is 64.6 Å². The van der Waals surface area contributed by atoms with Gasteiger partial charge in [0.15, 0.2) is 5.75 Å². The Hall–Kier alpha value is -6.67. The summed E-state index contributed by atoms with van der Waals surface area (Å²) < 4.78 is 73.6. The fourth-order valence-corrected chi connectivity index (χ4v) is 10.9. The second-order valence-electron chi connectivity index (χ2n) is 19.2. The van der Waals surface area contributed by atoms with E-state index in [0.717, 1.165) is 42.6 Å². The first-order valence-corrected chi connectivity index (χ1v) is 26.1. The van der Waals surface area contributed by atoms with Gasteiger partial charge in [0.1, 0.15) is 5.84 Å². The average molecular weight is 1040 g/mol. The molecule has 4 aromatic rings. The van der Waals surface area contributed by atoms with Gasteiger partial charge in [-0.3, -0.25) is 38.8 Å². The Bertz CT molecular complexity index is 2820. The van der Waals surface area contributed by atoms with Crippen molar-refractivity contribution in [3.63, 3.8) is 0 Å². The number of aromatic nitrogens is 1. The second-order valence-corrected chi connectivity index (χ2v) is 20.5. The van der Waals surface area contributed by atoms with Crippen LogP contribution in [-0.4, -0.2) is 105 Å². The lowest BCUT2D eigenvalue weighted by Gasteiger charge is -2.30. The summed E-state index contributed by atoms with van der Waals surface area (Å²) in [6, 6.07) is 14.5. The highest BCUT2D eigenvalue weighted by Gasteiger charge is 2.40. The number of carbonyl (C=O) groups is 5. The average Bonchev–Trinajstić information content (AvgIpc) is 3.53. The van der Waals surface area contributed by atoms with E-state index in [1.54, 1.807) is 36.5 Å². The van der Waals surface area contributed by atoms with Gasteiger partial charge in [-0.1, -0.05) is 32.0 Å². The van der Waals surface area contributed by atoms with Gasteiger partial charge in [0.05, 0.1) is 29.4 Å². The van der Waals surface area contributed by atoms with Gasteiger partial charge >= 0.3 is 0 Å². The lowest BCUT2D eigenvalue weighted by molar-refractivity contribution is -0.139. The number of amidine groups is 1. The predicted octanol–water partition coefficient (Wildman–Crippen LogP) is 8.49. The lowest BCUT2D eigenvalue weighted by Crippen LogP contribution is -2.37. The van der Waals surface area contributed by atoms with Crippen LogP contribution in [0.1, 0.15) is 108 Å². The Kier molecular flexibility index (Phi) is 17.5. The van der Waals surface area contributed by atoms with Crippen LogP contribution in [-0.2, 0) is 33.9 Å². The SMILES string of the molecule is CCCN(CCC)C(=O)C1=Cc2ccc(C(=O)Nc3cnc4c(c3)CN(Cc3ccc(C(=O)NCCSC5CC(=O)N(CC6CCC(COc7c(F)c(F)c(F)c(F)c7F)CC6)C5=O)cc3)CC4)cc2N=C(N)C1. The topological polar surface area (TPSA) is 180 Å². The van der Waals surface area contributed by atoms with E-state index in [1.807, 2.05) is 43.0 Å². The molecule has 0 spiro atoms. The van der Waals surface area contributed by atoms with Crippen molar-refractivity contribution in [3.05, 3.63) is 123 Å². The van der Waals surface area contributed by atoms with E-state index in [-0.39, 0.29) is 73.9 Å². The minimum atomic E-state index is -2.25. The Labute approximate surface area is 430 Å². The molecule has 1 unspecified atom stereocenters.